The lowest BCUT2D eigenvalue weighted by Crippen LogP contribution is -2.14. The van der Waals surface area contributed by atoms with E-state index in [2.05, 4.69) is 20.3 Å². The van der Waals surface area contributed by atoms with Crippen LogP contribution in [0, 0.1) is 6.92 Å². The first-order valence-electron chi connectivity index (χ1n) is 6.92. The maximum Gasteiger partial charge on any atom is 0.275 e. The monoisotopic (exact) mass is 407 g/mol. The van der Waals surface area contributed by atoms with E-state index in [1.54, 1.807) is 25.1 Å². The van der Waals surface area contributed by atoms with Gasteiger partial charge in [-0.2, -0.15) is 4.52 Å². The van der Waals surface area contributed by atoms with Gasteiger partial charge in [0.05, 0.1) is 0 Å². The van der Waals surface area contributed by atoms with Crippen LogP contribution in [-0.4, -0.2) is 29.9 Å². The van der Waals surface area contributed by atoms with Crippen molar-refractivity contribution in [1.82, 2.24) is 24.8 Å². The van der Waals surface area contributed by atoms with Gasteiger partial charge in [-0.3, -0.25) is 4.79 Å². The van der Waals surface area contributed by atoms with E-state index in [0.717, 1.165) is 13.6 Å². The molecule has 126 valence electrons. The first-order valence-corrected chi connectivity index (χ1v) is 10.2. The van der Waals surface area contributed by atoms with Gasteiger partial charge in [0.15, 0.2) is 13.0 Å². The number of fused-ring (bicyclic) bond motifs is 1. The summed E-state index contributed by atoms with van der Waals surface area (Å²) >= 11 is 5.55. The van der Waals surface area contributed by atoms with E-state index in [0.29, 0.717) is 15.0 Å². The molecule has 0 aliphatic rings. The molecule has 0 atom stereocenters. The van der Waals surface area contributed by atoms with Gasteiger partial charge in [-0.25, -0.2) is 4.98 Å². The molecule has 0 unspecified atom stereocenters. The third kappa shape index (κ3) is 3.68. The predicted octanol–water partition coefficient (Wildman–Crippen LogP) is 3.32. The van der Waals surface area contributed by atoms with Gasteiger partial charge in [0.25, 0.3) is 5.56 Å². The number of benzene rings is 1. The van der Waals surface area contributed by atoms with Crippen LogP contribution in [-0.2, 0) is 0 Å². The van der Waals surface area contributed by atoms with Gasteiger partial charge in [-0.05, 0) is 36.9 Å². The minimum atomic E-state index is -0.192. The molecule has 0 fully saturated rings. The van der Waals surface area contributed by atoms with E-state index in [4.69, 9.17) is 0 Å². The van der Waals surface area contributed by atoms with Gasteiger partial charge in [0, 0.05) is 16.7 Å². The van der Waals surface area contributed by atoms with Crippen molar-refractivity contribution < 1.29 is 5.11 Å². The number of hydrogen-bond donors (Lipinski definition) is 1. The molecule has 3 aromatic heterocycles. The summed E-state index contributed by atoms with van der Waals surface area (Å²) in [6, 6.07) is 8.42. The van der Waals surface area contributed by atoms with Crippen molar-refractivity contribution in [3.05, 3.63) is 46.4 Å². The maximum atomic E-state index is 11.9. The molecule has 11 heteroatoms. The molecule has 0 aliphatic carbocycles. The topological polar surface area (TPSA) is 93.3 Å². The number of aryl methyl sites for hydroxylation is 1. The minimum absolute atomic E-state index is 0.192. The molecule has 1 aromatic carbocycles. The van der Waals surface area contributed by atoms with Crippen LogP contribution in [0.4, 0.5) is 0 Å². The Bertz CT molecular complexity index is 1120. The van der Waals surface area contributed by atoms with Crippen molar-refractivity contribution in [2.45, 2.75) is 24.8 Å². The van der Waals surface area contributed by atoms with Gasteiger partial charge in [0.1, 0.15) is 5.75 Å². The third-order valence-electron chi connectivity index (χ3n) is 2.94. The van der Waals surface area contributed by atoms with Gasteiger partial charge in [-0.1, -0.05) is 40.5 Å². The molecule has 0 radical (unpaired) electrons. The Morgan fingerprint density at radius 1 is 1.08 bits per heavy atom. The summed E-state index contributed by atoms with van der Waals surface area (Å²) in [5, 5.41) is 22.1. The third-order valence-corrected chi connectivity index (χ3v) is 6.91. The molecule has 4 rings (SSSR count). The zero-order valence-corrected chi connectivity index (χ0v) is 15.9. The SMILES string of the molecule is Cc1cc(=O)n2nc(Sc3nnc(Sc4cccc(O)c4)s3)sc2n1. The van der Waals surface area contributed by atoms with Crippen molar-refractivity contribution >= 4 is 51.2 Å². The summed E-state index contributed by atoms with van der Waals surface area (Å²) < 4.78 is 3.47. The average molecular weight is 408 g/mol. The highest BCUT2D eigenvalue weighted by molar-refractivity contribution is 8.04. The highest BCUT2D eigenvalue weighted by Gasteiger charge is 2.13. The van der Waals surface area contributed by atoms with Crippen LogP contribution >= 0.6 is 46.2 Å². The van der Waals surface area contributed by atoms with Crippen LogP contribution in [0.5, 0.6) is 5.75 Å². The fourth-order valence-electron chi connectivity index (χ4n) is 1.95. The molecule has 0 spiro atoms. The highest BCUT2D eigenvalue weighted by Crippen LogP contribution is 2.37. The lowest BCUT2D eigenvalue weighted by Gasteiger charge is -1.96. The Labute approximate surface area is 157 Å². The second-order valence-corrected chi connectivity index (χ2v) is 9.58. The number of rotatable bonds is 4. The molecule has 1 N–H and O–H groups in total. The standard InChI is InChI=1S/C14H9N5O2S4/c1-7-5-10(21)19-11(15-7)23-14(18-19)25-13-17-16-12(24-13)22-9-4-2-3-8(20)6-9/h2-6,20H,1H3. The second kappa shape index (κ2) is 6.75. The van der Waals surface area contributed by atoms with E-state index in [1.807, 2.05) is 6.07 Å². The van der Waals surface area contributed by atoms with E-state index in [1.165, 1.54) is 56.8 Å². The largest absolute Gasteiger partial charge is 0.508 e. The van der Waals surface area contributed by atoms with Crippen molar-refractivity contribution in [3.8, 4) is 5.75 Å². The Morgan fingerprint density at radius 3 is 2.68 bits per heavy atom. The molecule has 25 heavy (non-hydrogen) atoms. The van der Waals surface area contributed by atoms with Crippen LogP contribution in [0.3, 0.4) is 0 Å². The van der Waals surface area contributed by atoms with E-state index in [-0.39, 0.29) is 11.3 Å². The molecular weight excluding hydrogens is 398 g/mol. The molecule has 0 amide bonds. The number of aromatic hydroxyl groups is 1. The fourth-order valence-corrected chi connectivity index (χ4v) is 6.18. The highest BCUT2D eigenvalue weighted by atomic mass is 32.2. The van der Waals surface area contributed by atoms with Crippen molar-refractivity contribution in [1.29, 1.82) is 0 Å². The smallest absolute Gasteiger partial charge is 0.275 e. The quantitative estimate of drug-likeness (QED) is 0.551. The Kier molecular flexibility index (Phi) is 4.46. The van der Waals surface area contributed by atoms with E-state index < -0.39 is 0 Å². The predicted molar refractivity (Wildman–Crippen MR) is 98.1 cm³/mol. The summed E-state index contributed by atoms with van der Waals surface area (Å²) in [4.78, 5) is 17.7. The number of phenols is 1. The van der Waals surface area contributed by atoms with Gasteiger partial charge in [0.2, 0.25) is 4.96 Å². The Hall–Kier alpha value is -1.95. The van der Waals surface area contributed by atoms with E-state index in [9.17, 15) is 9.90 Å². The molecule has 4 aromatic rings. The second-order valence-electron chi connectivity index (χ2n) is 4.83. The average Bonchev–Trinajstić information content (AvgIpc) is 3.14. The van der Waals surface area contributed by atoms with Gasteiger partial charge >= 0.3 is 0 Å². The summed E-state index contributed by atoms with van der Waals surface area (Å²) in [6.45, 7) is 1.78. The van der Waals surface area contributed by atoms with Gasteiger partial charge < -0.3 is 5.11 Å². The van der Waals surface area contributed by atoms with Crippen molar-refractivity contribution in [2.24, 2.45) is 0 Å². The van der Waals surface area contributed by atoms with Crippen LogP contribution in [0.2, 0.25) is 0 Å². The zero-order valence-electron chi connectivity index (χ0n) is 12.6. The molecular formula is C14H9N5O2S4. The van der Waals surface area contributed by atoms with Crippen molar-refractivity contribution in [3.63, 3.8) is 0 Å². The first-order chi connectivity index (χ1) is 12.1. The summed E-state index contributed by atoms with van der Waals surface area (Å²) in [7, 11) is 0. The number of aromatic nitrogens is 5. The number of phenolic OH excluding ortho intramolecular Hbond substituents is 1. The van der Waals surface area contributed by atoms with Gasteiger partial charge in [-0.15, -0.1) is 15.3 Å². The Morgan fingerprint density at radius 2 is 1.88 bits per heavy atom. The van der Waals surface area contributed by atoms with Crippen LogP contribution in [0.25, 0.3) is 4.96 Å². The van der Waals surface area contributed by atoms with Crippen molar-refractivity contribution in [2.75, 3.05) is 0 Å². The van der Waals surface area contributed by atoms with Crippen LogP contribution < -0.4 is 5.56 Å². The molecule has 3 heterocycles. The lowest BCUT2D eigenvalue weighted by atomic mass is 10.3. The molecule has 0 saturated carbocycles. The lowest BCUT2D eigenvalue weighted by molar-refractivity contribution is 0.474. The molecule has 7 nitrogen and oxygen atoms in total. The van der Waals surface area contributed by atoms with Crippen LogP contribution in [0.1, 0.15) is 5.69 Å². The zero-order chi connectivity index (χ0) is 17.4. The Balaban J connectivity index is 1.55. The maximum absolute atomic E-state index is 11.9. The minimum Gasteiger partial charge on any atom is -0.508 e. The normalized spacial score (nSPS) is 11.2. The summed E-state index contributed by atoms with van der Waals surface area (Å²) in [5.41, 5.74) is 0.480. The number of hydrogen-bond acceptors (Lipinski definition) is 10. The van der Waals surface area contributed by atoms with Crippen LogP contribution in [0.15, 0.2) is 53.0 Å². The molecule has 0 saturated heterocycles. The molecule has 0 bridgehead atoms. The fraction of sp³-hybridized carbons (Fsp3) is 0.0714. The number of nitrogens with zero attached hydrogens (tertiary/aromatic N) is 5. The molecule has 0 aliphatic heterocycles. The summed E-state index contributed by atoms with van der Waals surface area (Å²) in [5.74, 6) is 0.215. The van der Waals surface area contributed by atoms with E-state index >= 15 is 0 Å². The summed E-state index contributed by atoms with van der Waals surface area (Å²) in [6.07, 6.45) is 0. The first kappa shape index (κ1) is 16.5.